The van der Waals surface area contributed by atoms with Gasteiger partial charge in [0, 0.05) is 26.2 Å². The second-order valence-electron chi connectivity index (χ2n) is 9.12. The maximum absolute atomic E-state index is 13.2. The number of carbonyl (C=O) groups excluding carboxylic acids is 2. The number of ether oxygens (including phenoxy) is 1. The van der Waals surface area contributed by atoms with E-state index in [0.29, 0.717) is 30.8 Å². The number of nitrogens with one attached hydrogen (secondary N) is 2. The van der Waals surface area contributed by atoms with Crippen LogP contribution in [0.25, 0.3) is 0 Å². The number of nitrogens with two attached hydrogens (primary N) is 1. The SMILES string of the molecule is COc1cc2c(cc1C(=O)Nc1cccc(C(=N)N(N)C(C)CO)n1)CN(C(=O)N1CCCC1)CC2. The highest BCUT2D eigenvalue weighted by Crippen LogP contribution is 2.29. The van der Waals surface area contributed by atoms with Crippen molar-refractivity contribution >= 4 is 23.6 Å². The maximum atomic E-state index is 13.2. The first-order chi connectivity index (χ1) is 17.3. The minimum absolute atomic E-state index is 0.0490. The summed E-state index contributed by atoms with van der Waals surface area (Å²) in [5.74, 6) is 6.09. The Bertz CT molecular complexity index is 1150. The number of amidine groups is 1. The van der Waals surface area contributed by atoms with E-state index in [1.165, 1.54) is 7.11 Å². The fourth-order valence-corrected chi connectivity index (χ4v) is 4.47. The fourth-order valence-electron chi connectivity index (χ4n) is 4.47. The van der Waals surface area contributed by atoms with Crippen molar-refractivity contribution in [2.45, 2.75) is 38.8 Å². The van der Waals surface area contributed by atoms with Crippen molar-refractivity contribution in [2.75, 3.05) is 38.7 Å². The van der Waals surface area contributed by atoms with Crippen LogP contribution in [0.1, 0.15) is 46.9 Å². The largest absolute Gasteiger partial charge is 0.496 e. The second kappa shape index (κ2) is 10.9. The number of pyridine rings is 1. The van der Waals surface area contributed by atoms with Gasteiger partial charge in [0.05, 0.1) is 25.3 Å². The van der Waals surface area contributed by atoms with Gasteiger partial charge in [0.25, 0.3) is 5.91 Å². The van der Waals surface area contributed by atoms with Gasteiger partial charge in [-0.2, -0.15) is 0 Å². The lowest BCUT2D eigenvalue weighted by molar-refractivity contribution is 0.102. The highest BCUT2D eigenvalue weighted by atomic mass is 16.5. The molecule has 2 aromatic rings. The molecule has 1 aromatic heterocycles. The Balaban J connectivity index is 1.52. The quantitative estimate of drug-likeness (QED) is 0.207. The monoisotopic (exact) mass is 495 g/mol. The molecule has 4 rings (SSSR count). The Kier molecular flexibility index (Phi) is 7.70. The summed E-state index contributed by atoms with van der Waals surface area (Å²) in [7, 11) is 1.52. The van der Waals surface area contributed by atoms with E-state index in [1.807, 2.05) is 15.9 Å². The highest BCUT2D eigenvalue weighted by molar-refractivity contribution is 6.06. The summed E-state index contributed by atoms with van der Waals surface area (Å²) in [6.45, 7) is 4.13. The van der Waals surface area contributed by atoms with E-state index >= 15 is 0 Å². The molecule has 11 nitrogen and oxygen atoms in total. The van der Waals surface area contributed by atoms with E-state index in [9.17, 15) is 14.7 Å². The molecule has 2 aliphatic heterocycles. The first-order valence-electron chi connectivity index (χ1n) is 12.1. The molecule has 1 saturated heterocycles. The minimum Gasteiger partial charge on any atom is -0.496 e. The molecule has 0 radical (unpaired) electrons. The maximum Gasteiger partial charge on any atom is 0.320 e. The summed E-state index contributed by atoms with van der Waals surface area (Å²) >= 11 is 0. The predicted octanol–water partition coefficient (Wildman–Crippen LogP) is 1.80. The average Bonchev–Trinajstić information content (AvgIpc) is 3.45. The van der Waals surface area contributed by atoms with Crippen molar-refractivity contribution in [2.24, 2.45) is 5.84 Å². The van der Waals surface area contributed by atoms with Gasteiger partial charge in [0.2, 0.25) is 0 Å². The Labute approximate surface area is 210 Å². The molecule has 3 amide bonds. The number of fused-ring (bicyclic) bond motifs is 1. The predicted molar refractivity (Wildman–Crippen MR) is 135 cm³/mol. The number of likely N-dealkylation sites (tertiary alicyclic amines) is 1. The van der Waals surface area contributed by atoms with Gasteiger partial charge in [-0.15, -0.1) is 0 Å². The zero-order chi connectivity index (χ0) is 25.8. The lowest BCUT2D eigenvalue weighted by Crippen LogP contribution is -2.46. The summed E-state index contributed by atoms with van der Waals surface area (Å²) in [5.41, 5.74) is 2.57. The number of aliphatic hydroxyl groups is 1. The van der Waals surface area contributed by atoms with E-state index in [0.717, 1.165) is 42.1 Å². The molecule has 0 spiro atoms. The molecule has 36 heavy (non-hydrogen) atoms. The van der Waals surface area contributed by atoms with Gasteiger partial charge >= 0.3 is 6.03 Å². The standard InChI is InChI=1S/C25H33N7O4/c1-16(15-33)32(27)23(26)20-6-5-7-22(28-20)29-24(34)19-12-18-14-31(25(35)30-9-3-4-10-30)11-8-17(18)13-21(19)36-2/h5-7,12-13,16,26,33H,3-4,8-11,14-15,27H2,1-2H3,(H,28,29,34). The topological polar surface area (TPSA) is 148 Å². The van der Waals surface area contributed by atoms with Crippen LogP contribution in [0, 0.1) is 5.41 Å². The van der Waals surface area contributed by atoms with E-state index in [-0.39, 0.29) is 30.0 Å². The van der Waals surface area contributed by atoms with Crippen LogP contribution < -0.4 is 15.9 Å². The van der Waals surface area contributed by atoms with Crippen LogP contribution in [-0.2, 0) is 13.0 Å². The van der Waals surface area contributed by atoms with Crippen molar-refractivity contribution in [3.05, 3.63) is 52.7 Å². The van der Waals surface area contributed by atoms with Gasteiger partial charge in [-0.3, -0.25) is 15.2 Å². The molecule has 1 atom stereocenters. The molecule has 1 fully saturated rings. The van der Waals surface area contributed by atoms with Crippen molar-refractivity contribution in [3.8, 4) is 5.75 Å². The van der Waals surface area contributed by atoms with Gasteiger partial charge in [-0.1, -0.05) is 6.07 Å². The Morgan fingerprint density at radius 1 is 1.22 bits per heavy atom. The number of carbonyl (C=O) groups is 2. The van der Waals surface area contributed by atoms with E-state index in [2.05, 4.69) is 10.3 Å². The Hall–Kier alpha value is -3.70. The first kappa shape index (κ1) is 25.4. The molecule has 0 aliphatic carbocycles. The zero-order valence-corrected chi connectivity index (χ0v) is 20.7. The third kappa shape index (κ3) is 5.26. The number of hydrazine groups is 1. The zero-order valence-electron chi connectivity index (χ0n) is 20.7. The van der Waals surface area contributed by atoms with Crippen LogP contribution in [0.4, 0.5) is 10.6 Å². The smallest absolute Gasteiger partial charge is 0.320 e. The molecule has 1 aromatic carbocycles. The van der Waals surface area contributed by atoms with Crippen LogP contribution in [0.15, 0.2) is 30.3 Å². The molecule has 192 valence electrons. The number of urea groups is 1. The molecular formula is C25H33N7O4. The van der Waals surface area contributed by atoms with Crippen LogP contribution in [0.2, 0.25) is 0 Å². The summed E-state index contributed by atoms with van der Waals surface area (Å²) in [6, 6.07) is 8.12. The van der Waals surface area contributed by atoms with Crippen LogP contribution >= 0.6 is 0 Å². The molecule has 2 aliphatic rings. The van der Waals surface area contributed by atoms with Crippen molar-refractivity contribution in [1.29, 1.82) is 5.41 Å². The van der Waals surface area contributed by atoms with Gasteiger partial charge in [-0.25, -0.2) is 15.6 Å². The van der Waals surface area contributed by atoms with Gasteiger partial charge in [-0.05, 0) is 61.6 Å². The molecule has 5 N–H and O–H groups in total. The summed E-state index contributed by atoms with van der Waals surface area (Å²) in [5, 5.41) is 21.5. The lowest BCUT2D eigenvalue weighted by Gasteiger charge is -2.32. The fraction of sp³-hybridized carbons (Fsp3) is 0.440. The van der Waals surface area contributed by atoms with Crippen molar-refractivity contribution < 1.29 is 19.4 Å². The molecule has 1 unspecified atom stereocenters. The van der Waals surface area contributed by atoms with Crippen molar-refractivity contribution in [1.82, 2.24) is 19.8 Å². The van der Waals surface area contributed by atoms with Crippen LogP contribution in [0.5, 0.6) is 5.75 Å². The number of methoxy groups -OCH3 is 1. The van der Waals surface area contributed by atoms with E-state index in [4.69, 9.17) is 16.0 Å². The van der Waals surface area contributed by atoms with E-state index in [1.54, 1.807) is 31.2 Å². The van der Waals surface area contributed by atoms with Gasteiger partial charge in [0.1, 0.15) is 17.3 Å². The number of hydrogen-bond donors (Lipinski definition) is 4. The lowest BCUT2D eigenvalue weighted by atomic mass is 9.96. The summed E-state index contributed by atoms with van der Waals surface area (Å²) in [6.07, 6.45) is 2.77. The van der Waals surface area contributed by atoms with E-state index < -0.39 is 11.9 Å². The normalized spacial score (nSPS) is 15.8. The summed E-state index contributed by atoms with van der Waals surface area (Å²) < 4.78 is 5.51. The Morgan fingerprint density at radius 2 is 1.97 bits per heavy atom. The molecule has 0 bridgehead atoms. The number of anilines is 1. The third-order valence-electron chi connectivity index (χ3n) is 6.66. The molecular weight excluding hydrogens is 462 g/mol. The van der Waals surface area contributed by atoms with Crippen LogP contribution in [0.3, 0.4) is 0 Å². The summed E-state index contributed by atoms with van der Waals surface area (Å²) in [4.78, 5) is 34.2. The number of aromatic nitrogens is 1. The number of amides is 3. The highest BCUT2D eigenvalue weighted by Gasteiger charge is 2.28. The Morgan fingerprint density at radius 3 is 2.67 bits per heavy atom. The number of hydrogen-bond acceptors (Lipinski definition) is 7. The molecule has 0 saturated carbocycles. The van der Waals surface area contributed by atoms with Gasteiger partial charge in [0.15, 0.2) is 5.84 Å². The van der Waals surface area contributed by atoms with Gasteiger partial charge < -0.3 is 25.0 Å². The average molecular weight is 496 g/mol. The number of benzene rings is 1. The molecule has 11 heteroatoms. The van der Waals surface area contributed by atoms with Crippen molar-refractivity contribution in [3.63, 3.8) is 0 Å². The minimum atomic E-state index is -0.464. The second-order valence-corrected chi connectivity index (χ2v) is 9.12. The number of aliphatic hydroxyl groups excluding tert-OH is 1. The number of nitrogens with zero attached hydrogens (tertiary/aromatic N) is 4. The third-order valence-corrected chi connectivity index (χ3v) is 6.66. The van der Waals surface area contributed by atoms with Crippen LogP contribution in [-0.4, -0.2) is 82.1 Å². The first-order valence-corrected chi connectivity index (χ1v) is 12.1. The molecule has 3 heterocycles. The number of rotatable bonds is 6.